The lowest BCUT2D eigenvalue weighted by Gasteiger charge is -2.18. The highest BCUT2D eigenvalue weighted by atomic mass is 16.5. The van der Waals surface area contributed by atoms with Gasteiger partial charge in [0.1, 0.15) is 5.75 Å². The van der Waals surface area contributed by atoms with E-state index in [1.807, 2.05) is 0 Å². The Morgan fingerprint density at radius 2 is 2.27 bits per heavy atom. The molecule has 0 aliphatic carbocycles. The summed E-state index contributed by atoms with van der Waals surface area (Å²) in [6, 6.07) is 4.29. The molecule has 0 aromatic heterocycles. The fourth-order valence-corrected chi connectivity index (χ4v) is 2.65. The van der Waals surface area contributed by atoms with Crippen LogP contribution in [-0.4, -0.2) is 26.7 Å². The van der Waals surface area contributed by atoms with Gasteiger partial charge in [0.15, 0.2) is 0 Å². The molecule has 1 aromatic carbocycles. The van der Waals surface area contributed by atoms with E-state index in [4.69, 9.17) is 4.74 Å². The van der Waals surface area contributed by atoms with Crippen molar-refractivity contribution in [1.29, 1.82) is 0 Å². The van der Waals surface area contributed by atoms with Crippen LogP contribution in [0.4, 0.5) is 5.69 Å². The zero-order valence-electron chi connectivity index (χ0n) is 9.05. The van der Waals surface area contributed by atoms with Gasteiger partial charge < -0.3 is 15.0 Å². The minimum Gasteiger partial charge on any atom is -0.496 e. The van der Waals surface area contributed by atoms with E-state index < -0.39 is 0 Å². The molecule has 80 valence electrons. The molecule has 0 fully saturated rings. The SMILES string of the molecule is COc1ccc2c3c1CCN3CCNC2. The second kappa shape index (κ2) is 3.42. The monoisotopic (exact) mass is 204 g/mol. The maximum absolute atomic E-state index is 5.42. The van der Waals surface area contributed by atoms with Crippen molar-refractivity contribution < 1.29 is 4.74 Å². The molecule has 2 aliphatic rings. The molecule has 0 spiro atoms. The molecular weight excluding hydrogens is 188 g/mol. The first-order chi connectivity index (χ1) is 7.40. The van der Waals surface area contributed by atoms with E-state index in [1.54, 1.807) is 7.11 Å². The summed E-state index contributed by atoms with van der Waals surface area (Å²) >= 11 is 0. The summed E-state index contributed by atoms with van der Waals surface area (Å²) < 4.78 is 5.42. The highest BCUT2D eigenvalue weighted by molar-refractivity contribution is 5.68. The summed E-state index contributed by atoms with van der Waals surface area (Å²) in [5.74, 6) is 1.05. The number of anilines is 1. The minimum atomic E-state index is 0.989. The van der Waals surface area contributed by atoms with Gasteiger partial charge in [0, 0.05) is 37.4 Å². The Bertz CT molecular complexity index is 389. The van der Waals surface area contributed by atoms with Crippen molar-refractivity contribution in [2.75, 3.05) is 31.6 Å². The highest BCUT2D eigenvalue weighted by Crippen LogP contribution is 2.38. The zero-order chi connectivity index (χ0) is 10.3. The van der Waals surface area contributed by atoms with Crippen LogP contribution < -0.4 is 15.0 Å². The number of hydrogen-bond acceptors (Lipinski definition) is 3. The summed E-state index contributed by atoms with van der Waals surface area (Å²) in [6.07, 6.45) is 1.13. The summed E-state index contributed by atoms with van der Waals surface area (Å²) in [7, 11) is 1.76. The van der Waals surface area contributed by atoms with Gasteiger partial charge in [-0.1, -0.05) is 6.07 Å². The van der Waals surface area contributed by atoms with Crippen molar-refractivity contribution in [2.24, 2.45) is 0 Å². The quantitative estimate of drug-likeness (QED) is 0.743. The number of hydrogen-bond donors (Lipinski definition) is 1. The van der Waals surface area contributed by atoms with Crippen LogP contribution in [0.25, 0.3) is 0 Å². The van der Waals surface area contributed by atoms with E-state index in [2.05, 4.69) is 22.3 Å². The third-order valence-corrected chi connectivity index (χ3v) is 3.37. The van der Waals surface area contributed by atoms with Gasteiger partial charge in [0.05, 0.1) is 7.11 Å². The molecule has 1 aromatic rings. The molecule has 0 atom stereocenters. The lowest BCUT2D eigenvalue weighted by Crippen LogP contribution is -2.27. The van der Waals surface area contributed by atoms with Crippen LogP contribution in [0.2, 0.25) is 0 Å². The topological polar surface area (TPSA) is 24.5 Å². The molecule has 0 radical (unpaired) electrons. The van der Waals surface area contributed by atoms with Crippen LogP contribution in [0.5, 0.6) is 5.75 Å². The summed E-state index contributed by atoms with van der Waals surface area (Å²) in [5, 5.41) is 3.45. The van der Waals surface area contributed by atoms with Gasteiger partial charge >= 0.3 is 0 Å². The van der Waals surface area contributed by atoms with Gasteiger partial charge in [-0.25, -0.2) is 0 Å². The minimum absolute atomic E-state index is 0.989. The lowest BCUT2D eigenvalue weighted by atomic mass is 10.1. The number of nitrogens with one attached hydrogen (secondary N) is 1. The molecule has 0 amide bonds. The van der Waals surface area contributed by atoms with E-state index in [9.17, 15) is 0 Å². The molecule has 0 saturated carbocycles. The smallest absolute Gasteiger partial charge is 0.124 e. The highest BCUT2D eigenvalue weighted by Gasteiger charge is 2.26. The summed E-state index contributed by atoms with van der Waals surface area (Å²) in [4.78, 5) is 2.48. The van der Waals surface area contributed by atoms with E-state index in [-0.39, 0.29) is 0 Å². The van der Waals surface area contributed by atoms with Gasteiger partial charge in [0.25, 0.3) is 0 Å². The van der Waals surface area contributed by atoms with Crippen molar-refractivity contribution in [3.05, 3.63) is 23.3 Å². The van der Waals surface area contributed by atoms with Crippen molar-refractivity contribution in [3.63, 3.8) is 0 Å². The molecule has 2 heterocycles. The van der Waals surface area contributed by atoms with Gasteiger partial charge in [-0.3, -0.25) is 0 Å². The molecule has 2 aliphatic heterocycles. The number of nitrogens with zero attached hydrogens (tertiary/aromatic N) is 1. The van der Waals surface area contributed by atoms with Crippen molar-refractivity contribution >= 4 is 5.69 Å². The second-order valence-corrected chi connectivity index (χ2v) is 4.17. The van der Waals surface area contributed by atoms with Crippen LogP contribution in [0.15, 0.2) is 12.1 Å². The maximum Gasteiger partial charge on any atom is 0.124 e. The average Bonchev–Trinajstić information content (AvgIpc) is 2.57. The molecular formula is C12H16N2O. The molecule has 3 heteroatoms. The molecule has 0 bridgehead atoms. The van der Waals surface area contributed by atoms with E-state index >= 15 is 0 Å². The van der Waals surface area contributed by atoms with Gasteiger partial charge in [-0.2, -0.15) is 0 Å². The number of methoxy groups -OCH3 is 1. The van der Waals surface area contributed by atoms with Crippen LogP contribution in [0, 0.1) is 0 Å². The van der Waals surface area contributed by atoms with E-state index in [0.29, 0.717) is 0 Å². The van der Waals surface area contributed by atoms with Gasteiger partial charge in [-0.15, -0.1) is 0 Å². The Morgan fingerprint density at radius 1 is 1.33 bits per heavy atom. The summed E-state index contributed by atoms with van der Waals surface area (Å²) in [5.41, 5.74) is 4.25. The predicted molar refractivity (Wildman–Crippen MR) is 60.6 cm³/mol. The normalized spacial score (nSPS) is 18.6. The van der Waals surface area contributed by atoms with E-state index in [0.717, 1.165) is 38.3 Å². The van der Waals surface area contributed by atoms with Gasteiger partial charge in [0.2, 0.25) is 0 Å². The third kappa shape index (κ3) is 1.30. The van der Waals surface area contributed by atoms with Crippen LogP contribution in [0.1, 0.15) is 11.1 Å². The number of ether oxygens (including phenoxy) is 1. The Kier molecular flexibility index (Phi) is 2.06. The molecule has 0 unspecified atom stereocenters. The molecule has 3 rings (SSSR count). The van der Waals surface area contributed by atoms with E-state index in [1.165, 1.54) is 16.8 Å². The largest absolute Gasteiger partial charge is 0.496 e. The van der Waals surface area contributed by atoms with Crippen LogP contribution >= 0.6 is 0 Å². The van der Waals surface area contributed by atoms with Crippen molar-refractivity contribution in [1.82, 2.24) is 5.32 Å². The Labute approximate surface area is 90.0 Å². The fraction of sp³-hybridized carbons (Fsp3) is 0.500. The number of benzene rings is 1. The zero-order valence-corrected chi connectivity index (χ0v) is 9.05. The Morgan fingerprint density at radius 3 is 3.13 bits per heavy atom. The molecule has 15 heavy (non-hydrogen) atoms. The predicted octanol–water partition coefficient (Wildman–Crippen LogP) is 1.16. The fourth-order valence-electron chi connectivity index (χ4n) is 2.65. The summed E-state index contributed by atoms with van der Waals surface area (Å²) in [6.45, 7) is 4.33. The van der Waals surface area contributed by atoms with Crippen molar-refractivity contribution in [3.8, 4) is 5.75 Å². The Hall–Kier alpha value is -1.22. The molecule has 1 N–H and O–H groups in total. The first-order valence-corrected chi connectivity index (χ1v) is 5.54. The maximum atomic E-state index is 5.42. The first-order valence-electron chi connectivity index (χ1n) is 5.54. The molecule has 3 nitrogen and oxygen atoms in total. The van der Waals surface area contributed by atoms with Gasteiger partial charge in [-0.05, 0) is 18.1 Å². The average molecular weight is 204 g/mol. The Balaban J connectivity index is 2.16. The van der Waals surface area contributed by atoms with Crippen LogP contribution in [-0.2, 0) is 13.0 Å². The van der Waals surface area contributed by atoms with Crippen molar-refractivity contribution in [2.45, 2.75) is 13.0 Å². The standard InChI is InChI=1S/C12H16N2O/c1-15-11-3-2-9-8-13-5-7-14-6-4-10(11)12(9)14/h2-3,13H,4-8H2,1H3. The molecule has 0 saturated heterocycles. The number of rotatable bonds is 1. The lowest BCUT2D eigenvalue weighted by molar-refractivity contribution is 0.411. The second-order valence-electron chi connectivity index (χ2n) is 4.17. The first kappa shape index (κ1) is 9.04. The van der Waals surface area contributed by atoms with Crippen LogP contribution in [0.3, 0.4) is 0 Å². The third-order valence-electron chi connectivity index (χ3n) is 3.37.